The second kappa shape index (κ2) is 9.87. The minimum Gasteiger partial charge on any atom is -0.355 e. The van der Waals surface area contributed by atoms with Crippen LogP contribution < -0.4 is 5.32 Å². The molecule has 1 N–H and O–H groups in total. The van der Waals surface area contributed by atoms with Crippen LogP contribution in [0.4, 0.5) is 0 Å². The summed E-state index contributed by atoms with van der Waals surface area (Å²) < 4.78 is 27.5. The maximum Gasteiger partial charge on any atom is 0.243 e. The van der Waals surface area contributed by atoms with E-state index in [1.54, 1.807) is 10.4 Å². The Labute approximate surface area is 175 Å². The molecule has 7 heteroatoms. The van der Waals surface area contributed by atoms with Crippen LogP contribution in [0.15, 0.2) is 34.7 Å². The Morgan fingerprint density at radius 3 is 2.55 bits per heavy atom. The standard InChI is InChI=1S/C22H33N3O3S/c1-18-8-9-19(2)21(16-18)29(27,28)25-14-12-24(13-15-25)17-22(26)23-11-10-20-6-4-3-5-7-20/h6,8-9,16H,3-5,7,10-15,17H2,1-2H3,(H,23,26). The lowest BCUT2D eigenvalue weighted by molar-refractivity contribution is -0.122. The number of hydrogen-bond acceptors (Lipinski definition) is 4. The Morgan fingerprint density at radius 2 is 1.86 bits per heavy atom. The van der Waals surface area contributed by atoms with Crippen molar-refractivity contribution < 1.29 is 13.2 Å². The fourth-order valence-corrected chi connectivity index (χ4v) is 5.74. The van der Waals surface area contributed by atoms with Crippen molar-refractivity contribution in [3.8, 4) is 0 Å². The van der Waals surface area contributed by atoms with Gasteiger partial charge in [-0.1, -0.05) is 23.8 Å². The largest absolute Gasteiger partial charge is 0.355 e. The van der Waals surface area contributed by atoms with Crippen LogP contribution in [-0.4, -0.2) is 62.8 Å². The zero-order valence-corrected chi connectivity index (χ0v) is 18.4. The fraction of sp³-hybridized carbons (Fsp3) is 0.591. The van der Waals surface area contributed by atoms with Crippen LogP contribution in [0.25, 0.3) is 0 Å². The van der Waals surface area contributed by atoms with Gasteiger partial charge in [-0.05, 0) is 63.1 Å². The molecule has 1 fully saturated rings. The molecule has 1 saturated heterocycles. The molecule has 0 radical (unpaired) electrons. The molecular formula is C22H33N3O3S. The second-order valence-corrected chi connectivity index (χ2v) is 10.1. The van der Waals surface area contributed by atoms with Gasteiger partial charge in [0.15, 0.2) is 0 Å². The van der Waals surface area contributed by atoms with Crippen LogP contribution in [-0.2, 0) is 14.8 Å². The van der Waals surface area contributed by atoms with Gasteiger partial charge in [-0.3, -0.25) is 9.69 Å². The predicted molar refractivity (Wildman–Crippen MR) is 115 cm³/mol. The zero-order chi connectivity index (χ0) is 20.9. The molecule has 3 rings (SSSR count). The second-order valence-electron chi connectivity index (χ2n) is 8.16. The smallest absolute Gasteiger partial charge is 0.243 e. The Kier molecular flexibility index (Phi) is 7.49. The highest BCUT2D eigenvalue weighted by molar-refractivity contribution is 7.89. The summed E-state index contributed by atoms with van der Waals surface area (Å²) in [6.07, 6.45) is 8.11. The van der Waals surface area contributed by atoms with Gasteiger partial charge in [-0.15, -0.1) is 0 Å². The summed E-state index contributed by atoms with van der Waals surface area (Å²) >= 11 is 0. The van der Waals surface area contributed by atoms with Crippen molar-refractivity contribution in [1.82, 2.24) is 14.5 Å². The van der Waals surface area contributed by atoms with E-state index >= 15 is 0 Å². The third kappa shape index (κ3) is 5.90. The van der Waals surface area contributed by atoms with Gasteiger partial charge in [0, 0.05) is 32.7 Å². The number of aryl methyl sites for hydroxylation is 2. The Balaban J connectivity index is 1.45. The highest BCUT2D eigenvalue weighted by atomic mass is 32.2. The van der Waals surface area contributed by atoms with Crippen LogP contribution in [0, 0.1) is 13.8 Å². The maximum absolute atomic E-state index is 13.0. The van der Waals surface area contributed by atoms with E-state index in [4.69, 9.17) is 0 Å². The lowest BCUT2D eigenvalue weighted by atomic mass is 9.97. The molecule has 0 bridgehead atoms. The first kappa shape index (κ1) is 22.0. The van der Waals surface area contributed by atoms with Gasteiger partial charge in [-0.2, -0.15) is 4.31 Å². The zero-order valence-electron chi connectivity index (χ0n) is 17.6. The van der Waals surface area contributed by atoms with Crippen molar-refractivity contribution in [3.05, 3.63) is 41.0 Å². The summed E-state index contributed by atoms with van der Waals surface area (Å²) in [6.45, 7) is 6.72. The van der Waals surface area contributed by atoms with Crippen LogP contribution in [0.5, 0.6) is 0 Å². The molecule has 29 heavy (non-hydrogen) atoms. The van der Waals surface area contributed by atoms with E-state index < -0.39 is 10.0 Å². The Hall–Kier alpha value is -1.70. The number of rotatable bonds is 7. The van der Waals surface area contributed by atoms with Crippen molar-refractivity contribution in [2.24, 2.45) is 0 Å². The SMILES string of the molecule is Cc1ccc(C)c(S(=O)(=O)N2CCN(CC(=O)NCCC3=CCCCC3)CC2)c1. The third-order valence-electron chi connectivity index (χ3n) is 5.81. The summed E-state index contributed by atoms with van der Waals surface area (Å²) in [4.78, 5) is 14.7. The predicted octanol–water partition coefficient (Wildman–Crippen LogP) is 2.62. The molecule has 1 aromatic rings. The molecule has 1 heterocycles. The number of sulfonamides is 1. The molecule has 160 valence electrons. The highest BCUT2D eigenvalue weighted by Gasteiger charge is 2.30. The molecule has 0 saturated carbocycles. The molecule has 2 aliphatic rings. The number of nitrogens with zero attached hydrogens (tertiary/aromatic N) is 2. The van der Waals surface area contributed by atoms with E-state index in [2.05, 4.69) is 11.4 Å². The van der Waals surface area contributed by atoms with Crippen LogP contribution in [0.2, 0.25) is 0 Å². The summed E-state index contributed by atoms with van der Waals surface area (Å²) in [5, 5.41) is 3.00. The molecular weight excluding hydrogens is 386 g/mol. The average Bonchev–Trinajstić information content (AvgIpc) is 2.71. The first-order valence-corrected chi connectivity index (χ1v) is 12.0. The molecule has 0 spiro atoms. The summed E-state index contributed by atoms with van der Waals surface area (Å²) in [6, 6.07) is 5.52. The van der Waals surface area contributed by atoms with Crippen molar-refractivity contribution in [1.29, 1.82) is 0 Å². The van der Waals surface area contributed by atoms with Crippen LogP contribution in [0.1, 0.15) is 43.2 Å². The van der Waals surface area contributed by atoms with E-state index in [0.29, 0.717) is 44.2 Å². The molecule has 6 nitrogen and oxygen atoms in total. The molecule has 1 amide bonds. The maximum atomic E-state index is 13.0. The number of piperazine rings is 1. The fourth-order valence-electron chi connectivity index (χ4n) is 4.01. The Bertz CT molecular complexity index is 856. The van der Waals surface area contributed by atoms with Gasteiger partial charge in [0.1, 0.15) is 0 Å². The first-order valence-electron chi connectivity index (χ1n) is 10.6. The van der Waals surface area contributed by atoms with Gasteiger partial charge in [0.05, 0.1) is 11.4 Å². The minimum atomic E-state index is -3.49. The Morgan fingerprint density at radius 1 is 1.10 bits per heavy atom. The molecule has 1 aliphatic carbocycles. The van der Waals surface area contributed by atoms with Gasteiger partial charge in [-0.25, -0.2) is 8.42 Å². The number of carbonyl (C=O) groups excluding carboxylic acids is 1. The lowest BCUT2D eigenvalue weighted by Crippen LogP contribution is -2.51. The minimum absolute atomic E-state index is 0.0206. The molecule has 0 atom stereocenters. The van der Waals surface area contributed by atoms with Gasteiger partial charge < -0.3 is 5.32 Å². The van der Waals surface area contributed by atoms with Gasteiger partial charge in [0.25, 0.3) is 0 Å². The molecule has 0 unspecified atom stereocenters. The van der Waals surface area contributed by atoms with E-state index in [-0.39, 0.29) is 5.91 Å². The van der Waals surface area contributed by atoms with Crippen molar-refractivity contribution in [3.63, 3.8) is 0 Å². The van der Waals surface area contributed by atoms with Gasteiger partial charge >= 0.3 is 0 Å². The van der Waals surface area contributed by atoms with Crippen LogP contribution in [0.3, 0.4) is 0 Å². The topological polar surface area (TPSA) is 69.7 Å². The quantitative estimate of drug-likeness (QED) is 0.690. The van der Waals surface area contributed by atoms with Crippen molar-refractivity contribution in [2.75, 3.05) is 39.3 Å². The number of benzene rings is 1. The number of hydrogen-bond donors (Lipinski definition) is 1. The summed E-state index contributed by atoms with van der Waals surface area (Å²) in [5.41, 5.74) is 3.17. The normalized spacial score (nSPS) is 19.0. The van der Waals surface area contributed by atoms with E-state index in [0.717, 1.165) is 24.0 Å². The highest BCUT2D eigenvalue weighted by Crippen LogP contribution is 2.22. The van der Waals surface area contributed by atoms with Crippen molar-refractivity contribution >= 4 is 15.9 Å². The third-order valence-corrected chi connectivity index (χ3v) is 7.85. The van der Waals surface area contributed by atoms with E-state index in [1.807, 2.05) is 30.9 Å². The van der Waals surface area contributed by atoms with Gasteiger partial charge in [0.2, 0.25) is 15.9 Å². The monoisotopic (exact) mass is 419 g/mol. The van der Waals surface area contributed by atoms with Crippen LogP contribution >= 0.6 is 0 Å². The molecule has 1 aromatic carbocycles. The van der Waals surface area contributed by atoms with Crippen molar-refractivity contribution in [2.45, 2.75) is 50.8 Å². The number of amides is 1. The number of nitrogens with one attached hydrogen (secondary N) is 1. The lowest BCUT2D eigenvalue weighted by Gasteiger charge is -2.33. The summed E-state index contributed by atoms with van der Waals surface area (Å²) in [5.74, 6) is 0.0206. The van der Waals surface area contributed by atoms with E-state index in [9.17, 15) is 13.2 Å². The average molecular weight is 420 g/mol. The molecule has 1 aliphatic heterocycles. The summed E-state index contributed by atoms with van der Waals surface area (Å²) in [7, 11) is -3.49. The first-order chi connectivity index (χ1) is 13.9. The number of carbonyl (C=O) groups is 1. The number of allylic oxidation sites excluding steroid dienone is 1. The molecule has 0 aromatic heterocycles. The van der Waals surface area contributed by atoms with E-state index in [1.165, 1.54) is 24.8 Å².